The number of isothiocyanates is 1. The number of carbonyl (C=O) groups excluding carboxylic acids is 2. The Morgan fingerprint density at radius 1 is 0.679 bits per heavy atom. The SMILES string of the molecule is CCCCCCCCc1cc(CCCCCCCC)c(C#Cc2ccnc(-c3cc(C(F)(F)F)n[n-]3)c2)s1.Cc1ccc(-c2sc(-c3ccnc(-c4cc(OC=O)cc(-c5cc(OC=O)ccn5)n4)c3)c3c2OCCO3)s1.[N-]=C=S.[Ru+2]. The Kier molecular flexibility index (Phi) is 25.5. The normalized spacial score (nSPS) is 11.3. The summed E-state index contributed by atoms with van der Waals surface area (Å²) < 4.78 is 61.0. The number of thiocarbonyl (C=S) groups is 1. The maximum atomic E-state index is 12.9. The Hall–Kier alpha value is -6.78. The van der Waals surface area contributed by atoms with Crippen molar-refractivity contribution in [3.63, 3.8) is 0 Å². The molecule has 0 unspecified atom stereocenters. The van der Waals surface area contributed by atoms with Crippen LogP contribution in [0.15, 0.2) is 91.4 Å². The summed E-state index contributed by atoms with van der Waals surface area (Å²) in [6.07, 6.45) is 17.6. The van der Waals surface area contributed by atoms with Crippen molar-refractivity contribution in [1.29, 1.82) is 0 Å². The first-order valence-corrected chi connectivity index (χ1v) is 29.1. The molecule has 0 saturated carbocycles. The van der Waals surface area contributed by atoms with Crippen LogP contribution in [-0.2, 0) is 48.1 Å². The molecule has 21 heteroatoms. The topological polar surface area (TPSA) is 172 Å². The number of fused-ring (bicyclic) bond motifs is 1. The summed E-state index contributed by atoms with van der Waals surface area (Å²) in [7, 11) is 0. The predicted octanol–water partition coefficient (Wildman–Crippen LogP) is 15.9. The van der Waals surface area contributed by atoms with Crippen LogP contribution in [-0.4, -0.2) is 56.4 Å². The molecule has 8 aromatic heterocycles. The van der Waals surface area contributed by atoms with E-state index in [2.05, 4.69) is 88.2 Å². The Bertz CT molecular complexity index is 3420. The van der Waals surface area contributed by atoms with Gasteiger partial charge in [-0.3, -0.25) is 24.5 Å². The van der Waals surface area contributed by atoms with Crippen LogP contribution in [0.2, 0.25) is 0 Å². The first kappa shape index (κ1) is 63.4. The molecule has 81 heavy (non-hydrogen) atoms. The first-order valence-electron chi connectivity index (χ1n) is 26.3. The number of thiophene rings is 3. The number of hydrogen-bond acceptors (Lipinski definition) is 15. The number of pyridine rings is 4. The minimum absolute atomic E-state index is 0. The van der Waals surface area contributed by atoms with Crippen molar-refractivity contribution in [2.24, 2.45) is 0 Å². The van der Waals surface area contributed by atoms with Gasteiger partial charge in [0.25, 0.3) is 12.9 Å². The molecule has 0 aliphatic carbocycles. The molecule has 0 amide bonds. The fourth-order valence-electron chi connectivity index (χ4n) is 8.55. The second-order valence-electron chi connectivity index (χ2n) is 18.3. The molecule has 9 heterocycles. The van der Waals surface area contributed by atoms with Gasteiger partial charge in [-0.2, -0.15) is 18.3 Å². The number of aromatic nitrogens is 6. The number of nitrogens with zero attached hydrogens (tertiary/aromatic N) is 7. The van der Waals surface area contributed by atoms with Gasteiger partial charge in [-0.25, -0.2) is 4.98 Å². The van der Waals surface area contributed by atoms with Crippen LogP contribution in [0.25, 0.3) is 59.8 Å². The standard InChI is InChI=1S/C31H39F3N3S.C28H19N3O6S2.CNS.Ru/c1-3-5-7-9-11-13-15-25-22-26(16-14-12-10-8-6-4-2)38-29(25)18-17-24-19-20-35-27(21-24)28-23-30(37-36-28)31(32,33)34;1-16-2-3-24(38-16)28-26-25(34-8-9-35-26)27(39-28)17-4-6-29-20(10-17)22-12-19(37-15-33)13-23(31-22)21-11-18(36-14-32)5-7-30-21;2-1-3;/h19-23H,3-16H2,1-2H3;2-7,10-15H,8-9H2,1H3;;/q-1;;-1;+2. The summed E-state index contributed by atoms with van der Waals surface area (Å²) in [5.41, 5.74) is 4.18. The van der Waals surface area contributed by atoms with Crippen LogP contribution >= 0.6 is 46.2 Å². The van der Waals surface area contributed by atoms with Crippen LogP contribution in [0, 0.1) is 18.8 Å². The van der Waals surface area contributed by atoms with Gasteiger partial charge in [0.2, 0.25) is 0 Å². The van der Waals surface area contributed by atoms with E-state index in [1.165, 1.54) is 104 Å². The van der Waals surface area contributed by atoms with Gasteiger partial charge in [0, 0.05) is 57.0 Å². The molecule has 8 aromatic rings. The largest absolute Gasteiger partial charge is 2.00 e. The molecule has 1 aliphatic rings. The zero-order chi connectivity index (χ0) is 56.7. The van der Waals surface area contributed by atoms with Crippen molar-refractivity contribution in [2.75, 3.05) is 13.2 Å². The maximum Gasteiger partial charge on any atom is 2.00 e. The Morgan fingerprint density at radius 2 is 1.27 bits per heavy atom. The van der Waals surface area contributed by atoms with Crippen LogP contribution in [0.3, 0.4) is 0 Å². The maximum absolute atomic E-state index is 12.9. The zero-order valence-corrected chi connectivity index (χ0v) is 49.8. The van der Waals surface area contributed by atoms with Crippen LogP contribution in [0.5, 0.6) is 23.0 Å². The summed E-state index contributed by atoms with van der Waals surface area (Å²) in [4.78, 5) is 46.5. The Morgan fingerprint density at radius 3 is 1.91 bits per heavy atom. The van der Waals surface area contributed by atoms with Crippen molar-refractivity contribution in [3.8, 4) is 89.2 Å². The zero-order valence-electron chi connectivity index (χ0n) is 44.8. The van der Waals surface area contributed by atoms with Gasteiger partial charge in [-0.05, 0) is 98.3 Å². The smallest absolute Gasteiger partial charge is 0.753 e. The van der Waals surface area contributed by atoms with E-state index in [0.717, 1.165) is 49.7 Å². The molecule has 1 aliphatic heterocycles. The van der Waals surface area contributed by atoms with Crippen molar-refractivity contribution >= 4 is 64.3 Å². The summed E-state index contributed by atoms with van der Waals surface area (Å²) in [5, 5.41) is 15.4. The predicted molar refractivity (Wildman–Crippen MR) is 313 cm³/mol. The van der Waals surface area contributed by atoms with Crippen molar-refractivity contribution in [3.05, 3.63) is 128 Å². The third-order valence-electron chi connectivity index (χ3n) is 12.4. The molecule has 0 bridgehead atoms. The van der Waals surface area contributed by atoms with Gasteiger partial charge < -0.3 is 34.6 Å². The van der Waals surface area contributed by atoms with E-state index < -0.39 is 11.9 Å². The average molecular weight is 1260 g/mol. The number of carbonyl (C=O) groups is 2. The van der Waals surface area contributed by atoms with E-state index in [-0.39, 0.29) is 30.9 Å². The molecule has 422 valence electrons. The molecule has 0 radical (unpaired) electrons. The van der Waals surface area contributed by atoms with Gasteiger partial charge in [0.05, 0.1) is 43.1 Å². The van der Waals surface area contributed by atoms with Crippen molar-refractivity contribution in [1.82, 2.24) is 30.1 Å². The molecule has 0 spiro atoms. The minimum atomic E-state index is -4.53. The molecule has 13 nitrogen and oxygen atoms in total. The summed E-state index contributed by atoms with van der Waals surface area (Å²) >= 11 is 8.80. The van der Waals surface area contributed by atoms with Crippen molar-refractivity contribution < 1.29 is 61.2 Å². The van der Waals surface area contributed by atoms with Crippen LogP contribution < -0.4 is 24.0 Å². The first-order chi connectivity index (χ1) is 38.9. The number of rotatable bonds is 23. The monoisotopic (exact) mass is 1260 g/mol. The minimum Gasteiger partial charge on any atom is -0.753 e. The number of ether oxygens (including phenoxy) is 4. The number of unbranched alkanes of at least 4 members (excludes halogenated alkanes) is 10. The third-order valence-corrected chi connectivity index (χ3v) is 16.0. The van der Waals surface area contributed by atoms with E-state index >= 15 is 0 Å². The van der Waals surface area contributed by atoms with Gasteiger partial charge in [0.15, 0.2) is 11.5 Å². The van der Waals surface area contributed by atoms with Gasteiger partial charge in [-0.1, -0.05) is 108 Å². The number of halogens is 3. The van der Waals surface area contributed by atoms with Crippen molar-refractivity contribution in [2.45, 2.75) is 117 Å². The Labute approximate surface area is 499 Å². The summed E-state index contributed by atoms with van der Waals surface area (Å²) in [6, 6.07) is 21.0. The summed E-state index contributed by atoms with van der Waals surface area (Å²) in [6.45, 7) is 8.19. The molecule has 0 aromatic carbocycles. The van der Waals surface area contributed by atoms with Gasteiger partial charge in [-0.15, -0.1) is 34.0 Å². The van der Waals surface area contributed by atoms with E-state index in [1.807, 2.05) is 12.1 Å². The fourth-order valence-corrected chi connectivity index (χ4v) is 11.8. The average Bonchev–Trinajstić information content (AvgIpc) is 4.36. The number of aryl methyl sites for hydroxylation is 3. The molecular weight excluding hydrogens is 1200 g/mol. The van der Waals surface area contributed by atoms with E-state index in [0.29, 0.717) is 71.7 Å². The van der Waals surface area contributed by atoms with Crippen LogP contribution in [0.4, 0.5) is 13.2 Å². The molecular formula is C60H58F3N7O6RuS4. The van der Waals surface area contributed by atoms with Gasteiger partial charge in [0.1, 0.15) is 30.4 Å². The number of alkyl halides is 3. The van der Waals surface area contributed by atoms with E-state index in [9.17, 15) is 22.8 Å². The van der Waals surface area contributed by atoms with E-state index in [1.54, 1.807) is 82.8 Å². The quantitative estimate of drug-likeness (QED) is 0.0148. The molecule has 9 rings (SSSR count). The third kappa shape index (κ3) is 18.6. The second kappa shape index (κ2) is 32.6. The second-order valence-corrected chi connectivity index (χ2v) is 21.9. The molecule has 0 atom stereocenters. The molecule has 0 N–H and O–H groups in total. The summed E-state index contributed by atoms with van der Waals surface area (Å²) in [5.74, 6) is 8.63. The number of hydrogen-bond donors (Lipinski definition) is 0. The van der Waals surface area contributed by atoms with E-state index in [4.69, 9.17) is 29.3 Å². The Balaban J connectivity index is 0.000000246. The van der Waals surface area contributed by atoms with Crippen LogP contribution in [0.1, 0.15) is 122 Å². The molecule has 0 saturated heterocycles. The molecule has 0 fully saturated rings. The van der Waals surface area contributed by atoms with Gasteiger partial charge >= 0.3 is 25.7 Å². The fraction of sp³-hybridized carbons (Fsp3) is 0.333.